The van der Waals surface area contributed by atoms with Crippen LogP contribution in [0.1, 0.15) is 28.3 Å². The number of thiophene rings is 1. The van der Waals surface area contributed by atoms with Gasteiger partial charge in [-0.05, 0) is 32.0 Å². The van der Waals surface area contributed by atoms with Crippen molar-refractivity contribution in [3.8, 4) is 5.75 Å². The third kappa shape index (κ3) is 4.97. The van der Waals surface area contributed by atoms with Crippen LogP contribution in [0.25, 0.3) is 0 Å². The fourth-order valence-electron chi connectivity index (χ4n) is 2.42. The molecule has 1 aromatic carbocycles. The molecule has 0 aliphatic heterocycles. The number of carbonyl (C=O) groups excluding carboxylic acids is 1. The number of nitrogens with one attached hydrogen (secondary N) is 1. The summed E-state index contributed by atoms with van der Waals surface area (Å²) in [5.74, 6) is 0.183. The molecule has 5 nitrogen and oxygen atoms in total. The Morgan fingerprint density at radius 1 is 1.33 bits per heavy atom. The number of para-hydroxylation sites is 1. The molecule has 0 spiro atoms. The number of hydrogen-bond donors (Lipinski definition) is 2. The van der Waals surface area contributed by atoms with Crippen LogP contribution in [0.2, 0.25) is 0 Å². The highest BCUT2D eigenvalue weighted by molar-refractivity contribution is 7.11. The maximum absolute atomic E-state index is 12.6. The molecular formula is C18H24N2O3S. The number of ether oxygens (including phenoxy) is 1. The van der Waals surface area contributed by atoms with E-state index in [-0.39, 0.29) is 17.8 Å². The van der Waals surface area contributed by atoms with Crippen molar-refractivity contribution in [3.63, 3.8) is 0 Å². The van der Waals surface area contributed by atoms with Crippen molar-refractivity contribution >= 4 is 17.4 Å². The van der Waals surface area contributed by atoms with Crippen molar-refractivity contribution < 1.29 is 14.6 Å². The highest BCUT2D eigenvalue weighted by atomic mass is 32.1. The smallest absolute Gasteiger partial charge is 0.318 e. The number of phenols is 1. The molecule has 130 valence electrons. The average Bonchev–Trinajstić information content (AvgIpc) is 2.96. The molecule has 0 radical (unpaired) electrons. The summed E-state index contributed by atoms with van der Waals surface area (Å²) in [6.45, 7) is 5.43. The normalized spacial score (nSPS) is 12.0. The summed E-state index contributed by atoms with van der Waals surface area (Å²) in [7, 11) is 1.62. The average molecular weight is 348 g/mol. The number of benzene rings is 1. The zero-order valence-electron chi connectivity index (χ0n) is 14.3. The lowest BCUT2D eigenvalue weighted by molar-refractivity contribution is 0.145. The van der Waals surface area contributed by atoms with Crippen LogP contribution in [0, 0.1) is 6.92 Å². The lowest BCUT2D eigenvalue weighted by atomic mass is 10.1. The van der Waals surface area contributed by atoms with Gasteiger partial charge in [-0.25, -0.2) is 4.79 Å². The molecule has 0 fully saturated rings. The fourth-order valence-corrected chi connectivity index (χ4v) is 3.33. The van der Waals surface area contributed by atoms with Crippen molar-refractivity contribution in [1.82, 2.24) is 10.2 Å². The first-order valence-corrected chi connectivity index (χ1v) is 8.70. The summed E-state index contributed by atoms with van der Waals surface area (Å²) < 4.78 is 5.12. The molecule has 0 saturated carbocycles. The van der Waals surface area contributed by atoms with Gasteiger partial charge in [-0.2, -0.15) is 0 Å². The minimum absolute atomic E-state index is 0.172. The number of rotatable bonds is 7. The predicted octanol–water partition coefficient (Wildman–Crippen LogP) is 3.68. The topological polar surface area (TPSA) is 61.8 Å². The van der Waals surface area contributed by atoms with Gasteiger partial charge in [0, 0.05) is 29.0 Å². The summed E-state index contributed by atoms with van der Waals surface area (Å²) >= 11 is 1.68. The zero-order valence-corrected chi connectivity index (χ0v) is 15.1. The Morgan fingerprint density at radius 3 is 2.71 bits per heavy atom. The lowest BCUT2D eigenvalue weighted by Crippen LogP contribution is -2.42. The van der Waals surface area contributed by atoms with E-state index in [0.717, 1.165) is 4.88 Å². The molecule has 6 heteroatoms. The molecule has 0 saturated heterocycles. The van der Waals surface area contributed by atoms with Gasteiger partial charge >= 0.3 is 6.03 Å². The van der Waals surface area contributed by atoms with E-state index in [4.69, 9.17) is 4.74 Å². The van der Waals surface area contributed by atoms with Crippen LogP contribution in [0.5, 0.6) is 5.75 Å². The molecular weight excluding hydrogens is 324 g/mol. The lowest BCUT2D eigenvalue weighted by Gasteiger charge is -2.25. The Labute approximate surface area is 146 Å². The molecule has 1 atom stereocenters. The van der Waals surface area contributed by atoms with Crippen LogP contribution in [-0.4, -0.2) is 36.3 Å². The van der Waals surface area contributed by atoms with Crippen LogP contribution >= 0.6 is 11.3 Å². The Bertz CT molecular complexity index is 672. The monoisotopic (exact) mass is 348 g/mol. The summed E-state index contributed by atoms with van der Waals surface area (Å²) in [6, 6.07) is 10.7. The Balaban J connectivity index is 2.05. The van der Waals surface area contributed by atoms with E-state index in [1.165, 1.54) is 4.88 Å². The van der Waals surface area contributed by atoms with Crippen molar-refractivity contribution in [2.45, 2.75) is 26.4 Å². The number of amides is 2. The van der Waals surface area contributed by atoms with Gasteiger partial charge < -0.3 is 20.1 Å². The summed E-state index contributed by atoms with van der Waals surface area (Å²) in [5.41, 5.74) is 0.699. The number of phenolic OH excluding ortho intramolecular Hbond substituents is 1. The second kappa shape index (κ2) is 8.70. The van der Waals surface area contributed by atoms with Gasteiger partial charge in [-0.1, -0.05) is 18.2 Å². The number of carbonyl (C=O) groups is 1. The van der Waals surface area contributed by atoms with Crippen LogP contribution in [0.3, 0.4) is 0 Å². The number of hydrogen-bond acceptors (Lipinski definition) is 4. The summed E-state index contributed by atoms with van der Waals surface area (Å²) in [6.07, 6.45) is 0. The Kier molecular flexibility index (Phi) is 6.63. The van der Waals surface area contributed by atoms with Crippen LogP contribution in [0.15, 0.2) is 36.4 Å². The molecule has 2 rings (SSSR count). The number of urea groups is 1. The minimum Gasteiger partial charge on any atom is -0.508 e. The summed E-state index contributed by atoms with van der Waals surface area (Å²) in [5, 5.41) is 12.9. The van der Waals surface area contributed by atoms with E-state index in [9.17, 15) is 9.90 Å². The standard InChI is InChI=1S/C18H24N2O3S/c1-13-8-9-15(24-13)12-20(10-11-23-3)18(22)19-14(2)16-6-4-5-7-17(16)21/h4-9,14,21H,10-12H2,1-3H3,(H,19,22). The first kappa shape index (κ1) is 18.3. The molecule has 1 aromatic heterocycles. The highest BCUT2D eigenvalue weighted by Crippen LogP contribution is 2.23. The second-order valence-corrected chi connectivity index (χ2v) is 7.03. The van der Waals surface area contributed by atoms with E-state index in [1.54, 1.807) is 35.5 Å². The Morgan fingerprint density at radius 2 is 2.08 bits per heavy atom. The van der Waals surface area contributed by atoms with Crippen LogP contribution in [-0.2, 0) is 11.3 Å². The van der Waals surface area contributed by atoms with Crippen molar-refractivity contribution in [2.24, 2.45) is 0 Å². The quantitative estimate of drug-likeness (QED) is 0.802. The van der Waals surface area contributed by atoms with Crippen molar-refractivity contribution in [2.75, 3.05) is 20.3 Å². The van der Waals surface area contributed by atoms with Gasteiger partial charge in [0.05, 0.1) is 19.2 Å². The van der Waals surface area contributed by atoms with Gasteiger partial charge in [0.25, 0.3) is 0 Å². The SMILES string of the molecule is COCCN(Cc1ccc(C)s1)C(=O)NC(C)c1ccccc1O. The first-order valence-electron chi connectivity index (χ1n) is 7.89. The fraction of sp³-hybridized carbons (Fsp3) is 0.389. The molecule has 24 heavy (non-hydrogen) atoms. The molecule has 1 unspecified atom stereocenters. The molecule has 2 aromatic rings. The number of nitrogens with zero attached hydrogens (tertiary/aromatic N) is 1. The van der Waals surface area contributed by atoms with Gasteiger partial charge in [0.1, 0.15) is 5.75 Å². The van der Waals surface area contributed by atoms with Crippen molar-refractivity contribution in [3.05, 3.63) is 51.7 Å². The van der Waals surface area contributed by atoms with Crippen molar-refractivity contribution in [1.29, 1.82) is 0 Å². The largest absolute Gasteiger partial charge is 0.508 e. The van der Waals surface area contributed by atoms with Gasteiger partial charge in [0.2, 0.25) is 0 Å². The molecule has 2 N–H and O–H groups in total. The second-order valence-electron chi connectivity index (χ2n) is 5.66. The van der Waals surface area contributed by atoms with E-state index in [2.05, 4.69) is 11.4 Å². The van der Waals surface area contributed by atoms with E-state index >= 15 is 0 Å². The number of methoxy groups -OCH3 is 1. The maximum atomic E-state index is 12.6. The van der Waals surface area contributed by atoms with Gasteiger partial charge in [0.15, 0.2) is 0 Å². The van der Waals surface area contributed by atoms with E-state index in [0.29, 0.717) is 25.3 Å². The van der Waals surface area contributed by atoms with Gasteiger partial charge in [-0.15, -0.1) is 11.3 Å². The molecule has 0 aliphatic carbocycles. The van der Waals surface area contributed by atoms with Crippen LogP contribution in [0.4, 0.5) is 4.79 Å². The van der Waals surface area contributed by atoms with E-state index < -0.39 is 0 Å². The molecule has 0 bridgehead atoms. The molecule has 2 amide bonds. The first-order chi connectivity index (χ1) is 11.5. The van der Waals surface area contributed by atoms with Crippen LogP contribution < -0.4 is 5.32 Å². The predicted molar refractivity (Wildman–Crippen MR) is 96.4 cm³/mol. The minimum atomic E-state index is -0.284. The molecule has 0 aliphatic rings. The van der Waals surface area contributed by atoms with E-state index in [1.807, 2.05) is 32.0 Å². The molecule has 1 heterocycles. The van der Waals surface area contributed by atoms with Gasteiger partial charge in [-0.3, -0.25) is 0 Å². The number of aromatic hydroxyl groups is 1. The third-order valence-corrected chi connectivity index (χ3v) is 4.72. The number of aryl methyl sites for hydroxylation is 1. The summed E-state index contributed by atoms with van der Waals surface area (Å²) in [4.78, 5) is 16.7. The maximum Gasteiger partial charge on any atom is 0.318 e. The zero-order chi connectivity index (χ0) is 17.5. The third-order valence-electron chi connectivity index (χ3n) is 3.74. The Hall–Kier alpha value is -2.05. The highest BCUT2D eigenvalue weighted by Gasteiger charge is 2.18.